The van der Waals surface area contributed by atoms with Crippen molar-refractivity contribution in [2.75, 3.05) is 0 Å². The minimum Gasteiger partial charge on any atom is -0.103 e. The highest BCUT2D eigenvalue weighted by Crippen LogP contribution is 2.19. The number of hydrogen-bond acceptors (Lipinski definition) is 0. The molecule has 0 aromatic heterocycles. The Morgan fingerprint density at radius 1 is 1.14 bits per heavy atom. The molecule has 0 saturated carbocycles. The van der Waals surface area contributed by atoms with E-state index in [4.69, 9.17) is 0 Å². The number of allylic oxidation sites excluding steroid dienone is 1. The van der Waals surface area contributed by atoms with Crippen LogP contribution >= 0.6 is 0 Å². The van der Waals surface area contributed by atoms with Crippen LogP contribution in [0, 0.1) is 5.41 Å². The molecule has 0 atom stereocenters. The summed E-state index contributed by atoms with van der Waals surface area (Å²) in [5.74, 6) is 0. The van der Waals surface area contributed by atoms with E-state index in [1.807, 2.05) is 6.92 Å². The molecule has 1 rings (SSSR count). The Bertz CT molecular complexity index is 238. The molecule has 0 aliphatic heterocycles. The van der Waals surface area contributed by atoms with Crippen LogP contribution < -0.4 is 0 Å². The molecule has 0 heteroatoms. The first-order valence-corrected chi connectivity index (χ1v) is 5.10. The van der Waals surface area contributed by atoms with Crippen molar-refractivity contribution in [2.24, 2.45) is 5.41 Å². The van der Waals surface area contributed by atoms with Crippen molar-refractivity contribution in [1.29, 1.82) is 0 Å². The molecule has 0 unspecified atom stereocenters. The topological polar surface area (TPSA) is 0 Å². The first-order valence-electron chi connectivity index (χ1n) is 5.10. The van der Waals surface area contributed by atoms with Crippen molar-refractivity contribution in [3.8, 4) is 0 Å². The monoisotopic (exact) mass is 190 g/mol. The predicted molar refractivity (Wildman–Crippen MR) is 65.5 cm³/mol. The van der Waals surface area contributed by atoms with Crippen LogP contribution in [-0.2, 0) is 6.42 Å². The van der Waals surface area contributed by atoms with E-state index in [1.165, 1.54) is 5.56 Å². The Kier molecular flexibility index (Phi) is 5.94. The zero-order chi connectivity index (χ0) is 11.0. The lowest BCUT2D eigenvalue weighted by molar-refractivity contribution is 0.411. The van der Waals surface area contributed by atoms with Crippen LogP contribution in [0.3, 0.4) is 0 Å². The first kappa shape index (κ1) is 13.0. The summed E-state index contributed by atoms with van der Waals surface area (Å²) in [7, 11) is 0. The van der Waals surface area contributed by atoms with E-state index in [-0.39, 0.29) is 0 Å². The summed E-state index contributed by atoms with van der Waals surface area (Å²) in [5.41, 5.74) is 1.83. The molecule has 14 heavy (non-hydrogen) atoms. The molecule has 0 N–H and O–H groups in total. The Hall–Kier alpha value is -1.04. The Labute approximate surface area is 88.7 Å². The summed E-state index contributed by atoms with van der Waals surface area (Å²) in [5, 5.41) is 0. The van der Waals surface area contributed by atoms with Gasteiger partial charge in [-0.05, 0) is 24.3 Å². The highest BCUT2D eigenvalue weighted by atomic mass is 14.1. The maximum Gasteiger partial charge on any atom is -0.0230 e. The van der Waals surface area contributed by atoms with Gasteiger partial charge in [0.05, 0.1) is 0 Å². The number of rotatable bonds is 1. The Morgan fingerprint density at radius 2 is 1.57 bits per heavy atom. The summed E-state index contributed by atoms with van der Waals surface area (Å²) in [6.07, 6.45) is 2.91. The summed E-state index contributed by atoms with van der Waals surface area (Å²) < 4.78 is 0. The van der Waals surface area contributed by atoms with Crippen LogP contribution in [-0.4, -0.2) is 0 Å². The molecule has 0 heterocycles. The molecule has 0 aliphatic carbocycles. The van der Waals surface area contributed by atoms with Gasteiger partial charge in [0.25, 0.3) is 0 Å². The molecule has 1 aromatic carbocycles. The normalized spacial score (nSPS) is 10.0. The summed E-state index contributed by atoms with van der Waals surface area (Å²) >= 11 is 0. The fourth-order valence-electron chi connectivity index (χ4n) is 1.21. The molecule has 0 nitrogen and oxygen atoms in total. The van der Waals surface area contributed by atoms with E-state index in [0.29, 0.717) is 5.41 Å². The van der Waals surface area contributed by atoms with Gasteiger partial charge >= 0.3 is 0 Å². The van der Waals surface area contributed by atoms with Gasteiger partial charge in [-0.2, -0.15) is 0 Å². The largest absolute Gasteiger partial charge is 0.103 e. The van der Waals surface area contributed by atoms with Gasteiger partial charge in [0, 0.05) is 0 Å². The second-order valence-corrected chi connectivity index (χ2v) is 4.63. The minimum atomic E-state index is 0.404. The standard InChI is InChI=1S/C11H16.C3H6/c1-11(2,3)9-10-7-5-4-6-8-10;1-3-2/h4-8H,9H2,1-3H3;3H,1H2,2H3. The molecule has 0 fully saturated rings. The van der Waals surface area contributed by atoms with Crippen molar-refractivity contribution in [2.45, 2.75) is 34.1 Å². The quantitative estimate of drug-likeness (QED) is 0.573. The summed E-state index contributed by atoms with van der Waals surface area (Å²) in [4.78, 5) is 0. The van der Waals surface area contributed by atoms with Crippen molar-refractivity contribution in [3.05, 3.63) is 48.6 Å². The molecule has 0 radical (unpaired) electrons. The maximum absolute atomic E-state index is 3.36. The van der Waals surface area contributed by atoms with Crippen LogP contribution in [0.5, 0.6) is 0 Å². The fraction of sp³-hybridized carbons (Fsp3) is 0.429. The second-order valence-electron chi connectivity index (χ2n) is 4.63. The molecule has 1 aromatic rings. The zero-order valence-electron chi connectivity index (χ0n) is 9.88. The van der Waals surface area contributed by atoms with Gasteiger partial charge in [0.1, 0.15) is 0 Å². The molecular formula is C14H22. The number of benzene rings is 1. The maximum atomic E-state index is 3.36. The van der Waals surface area contributed by atoms with Gasteiger partial charge in [0.2, 0.25) is 0 Å². The van der Waals surface area contributed by atoms with Crippen LogP contribution in [0.1, 0.15) is 33.3 Å². The van der Waals surface area contributed by atoms with Crippen LogP contribution in [0.2, 0.25) is 0 Å². The van der Waals surface area contributed by atoms with E-state index in [0.717, 1.165) is 6.42 Å². The van der Waals surface area contributed by atoms with Gasteiger partial charge in [-0.3, -0.25) is 0 Å². The highest BCUT2D eigenvalue weighted by Gasteiger charge is 2.09. The third kappa shape index (κ3) is 7.60. The van der Waals surface area contributed by atoms with E-state index >= 15 is 0 Å². The molecule has 0 bridgehead atoms. The van der Waals surface area contributed by atoms with E-state index in [2.05, 4.69) is 57.7 Å². The fourth-order valence-corrected chi connectivity index (χ4v) is 1.21. The Morgan fingerprint density at radius 3 is 1.93 bits per heavy atom. The smallest absolute Gasteiger partial charge is 0.0230 e. The zero-order valence-corrected chi connectivity index (χ0v) is 9.88. The molecule has 0 saturated heterocycles. The lowest BCUT2D eigenvalue weighted by Gasteiger charge is -2.17. The minimum absolute atomic E-state index is 0.404. The Balaban J connectivity index is 0.000000500. The van der Waals surface area contributed by atoms with Gasteiger partial charge in [-0.25, -0.2) is 0 Å². The van der Waals surface area contributed by atoms with Crippen molar-refractivity contribution in [3.63, 3.8) is 0 Å². The van der Waals surface area contributed by atoms with E-state index in [1.54, 1.807) is 6.08 Å². The molecule has 0 spiro atoms. The third-order valence-corrected chi connectivity index (χ3v) is 1.58. The number of hydrogen-bond donors (Lipinski definition) is 0. The molecule has 0 aliphatic rings. The van der Waals surface area contributed by atoms with Crippen molar-refractivity contribution < 1.29 is 0 Å². The molecule has 78 valence electrons. The first-order chi connectivity index (χ1) is 6.49. The van der Waals surface area contributed by atoms with Gasteiger partial charge in [-0.15, -0.1) is 6.58 Å². The van der Waals surface area contributed by atoms with Gasteiger partial charge in [0.15, 0.2) is 0 Å². The van der Waals surface area contributed by atoms with Gasteiger partial charge < -0.3 is 0 Å². The SMILES string of the molecule is C=CC.CC(C)(C)Cc1ccccc1. The average molecular weight is 190 g/mol. The lowest BCUT2D eigenvalue weighted by Crippen LogP contribution is -2.08. The van der Waals surface area contributed by atoms with Crippen molar-refractivity contribution in [1.82, 2.24) is 0 Å². The average Bonchev–Trinajstić information content (AvgIpc) is 2.04. The van der Waals surface area contributed by atoms with Crippen LogP contribution in [0.25, 0.3) is 0 Å². The van der Waals surface area contributed by atoms with Crippen LogP contribution in [0.4, 0.5) is 0 Å². The second kappa shape index (κ2) is 6.42. The molecule has 0 amide bonds. The molecular weight excluding hydrogens is 168 g/mol. The van der Waals surface area contributed by atoms with Crippen molar-refractivity contribution >= 4 is 0 Å². The van der Waals surface area contributed by atoms with Gasteiger partial charge in [-0.1, -0.05) is 57.2 Å². The highest BCUT2D eigenvalue weighted by molar-refractivity contribution is 5.15. The van der Waals surface area contributed by atoms with E-state index in [9.17, 15) is 0 Å². The predicted octanol–water partition coefficient (Wildman–Crippen LogP) is 4.47. The third-order valence-electron chi connectivity index (χ3n) is 1.58. The van der Waals surface area contributed by atoms with Crippen LogP contribution in [0.15, 0.2) is 43.0 Å². The lowest BCUT2D eigenvalue weighted by atomic mass is 9.88. The summed E-state index contributed by atoms with van der Waals surface area (Å²) in [6, 6.07) is 10.6. The summed E-state index contributed by atoms with van der Waals surface area (Å²) in [6.45, 7) is 12.0. The van der Waals surface area contributed by atoms with E-state index < -0.39 is 0 Å².